The predicted octanol–water partition coefficient (Wildman–Crippen LogP) is 3.37. The molecule has 0 bridgehead atoms. The minimum absolute atomic E-state index is 0.0799. The second kappa shape index (κ2) is 7.83. The first-order valence-corrected chi connectivity index (χ1v) is 8.99. The SMILES string of the molecule is CCN(CC)C(C)CNS(=O)(=O)c1cc(C(F)(F)F)ccc1Cl. The van der Waals surface area contributed by atoms with Crippen molar-refractivity contribution in [3.8, 4) is 0 Å². The van der Waals surface area contributed by atoms with Crippen LogP contribution in [0.4, 0.5) is 13.2 Å². The van der Waals surface area contributed by atoms with E-state index >= 15 is 0 Å². The van der Waals surface area contributed by atoms with Gasteiger partial charge in [0, 0.05) is 12.6 Å². The maximum Gasteiger partial charge on any atom is 0.416 e. The van der Waals surface area contributed by atoms with Crippen LogP contribution in [-0.2, 0) is 16.2 Å². The molecule has 1 aromatic carbocycles. The Bertz CT molecular complexity index is 631. The van der Waals surface area contributed by atoms with E-state index in [2.05, 4.69) is 4.72 Å². The third kappa shape index (κ3) is 5.34. The molecule has 4 nitrogen and oxygen atoms in total. The lowest BCUT2D eigenvalue weighted by atomic mass is 10.2. The highest BCUT2D eigenvalue weighted by Crippen LogP contribution is 2.33. The summed E-state index contributed by atoms with van der Waals surface area (Å²) in [6.45, 7) is 7.28. The smallest absolute Gasteiger partial charge is 0.300 e. The van der Waals surface area contributed by atoms with Gasteiger partial charge in [-0.05, 0) is 38.2 Å². The summed E-state index contributed by atoms with van der Waals surface area (Å²) in [4.78, 5) is 1.46. The Hall–Kier alpha value is -0.830. The molecule has 0 aliphatic rings. The van der Waals surface area contributed by atoms with Crippen LogP contribution in [-0.4, -0.2) is 39.0 Å². The van der Waals surface area contributed by atoms with E-state index < -0.39 is 26.7 Å². The van der Waals surface area contributed by atoms with Crippen LogP contribution in [0.5, 0.6) is 0 Å². The topological polar surface area (TPSA) is 49.4 Å². The number of alkyl halides is 3. The predicted molar refractivity (Wildman–Crippen MR) is 84.0 cm³/mol. The van der Waals surface area contributed by atoms with Gasteiger partial charge in [0.15, 0.2) is 0 Å². The number of rotatable bonds is 7. The summed E-state index contributed by atoms with van der Waals surface area (Å²) in [5.41, 5.74) is -1.06. The highest BCUT2D eigenvalue weighted by atomic mass is 35.5. The van der Waals surface area contributed by atoms with Crippen LogP contribution < -0.4 is 4.72 Å². The van der Waals surface area contributed by atoms with Crippen molar-refractivity contribution in [2.45, 2.75) is 37.9 Å². The van der Waals surface area contributed by atoms with Crippen molar-refractivity contribution >= 4 is 21.6 Å². The van der Waals surface area contributed by atoms with Gasteiger partial charge in [-0.1, -0.05) is 25.4 Å². The van der Waals surface area contributed by atoms with Gasteiger partial charge in [0.25, 0.3) is 0 Å². The van der Waals surface area contributed by atoms with Crippen molar-refractivity contribution in [3.63, 3.8) is 0 Å². The van der Waals surface area contributed by atoms with Crippen LogP contribution >= 0.6 is 11.6 Å². The van der Waals surface area contributed by atoms with Crippen molar-refractivity contribution in [2.75, 3.05) is 19.6 Å². The Balaban J connectivity index is 3.01. The van der Waals surface area contributed by atoms with Crippen LogP contribution in [0.1, 0.15) is 26.3 Å². The molecule has 0 aliphatic heterocycles. The van der Waals surface area contributed by atoms with Gasteiger partial charge in [-0.2, -0.15) is 13.2 Å². The molecule has 1 N–H and O–H groups in total. The second-order valence-corrected chi connectivity index (χ2v) is 7.21. The number of hydrogen-bond donors (Lipinski definition) is 1. The first-order chi connectivity index (χ1) is 10.5. The average Bonchev–Trinajstić information content (AvgIpc) is 2.45. The number of sulfonamides is 1. The molecule has 0 saturated carbocycles. The van der Waals surface area contributed by atoms with E-state index in [4.69, 9.17) is 11.6 Å². The molecule has 0 saturated heterocycles. The number of nitrogens with one attached hydrogen (secondary N) is 1. The van der Waals surface area contributed by atoms with E-state index in [1.807, 2.05) is 25.7 Å². The summed E-state index contributed by atoms with van der Waals surface area (Å²) in [5, 5.41) is -0.249. The first kappa shape index (κ1) is 20.2. The summed E-state index contributed by atoms with van der Waals surface area (Å²) in [6.07, 6.45) is -4.64. The van der Waals surface area contributed by atoms with Gasteiger partial charge in [0.2, 0.25) is 10.0 Å². The zero-order valence-electron chi connectivity index (χ0n) is 13.1. The minimum atomic E-state index is -4.64. The largest absolute Gasteiger partial charge is 0.416 e. The fraction of sp³-hybridized carbons (Fsp3) is 0.571. The van der Waals surface area contributed by atoms with Crippen molar-refractivity contribution in [1.82, 2.24) is 9.62 Å². The standard InChI is InChI=1S/C14H20ClF3N2O2S/c1-4-20(5-2)10(3)9-19-23(21,22)13-8-11(14(16,17)18)6-7-12(13)15/h6-8,10,19H,4-5,9H2,1-3H3. The molecule has 0 aliphatic carbocycles. The molecular formula is C14H20ClF3N2O2S. The van der Waals surface area contributed by atoms with E-state index in [1.54, 1.807) is 0 Å². The zero-order chi connectivity index (χ0) is 17.8. The van der Waals surface area contributed by atoms with Gasteiger partial charge in [-0.15, -0.1) is 0 Å². The van der Waals surface area contributed by atoms with Crippen molar-refractivity contribution < 1.29 is 21.6 Å². The number of nitrogens with zero attached hydrogens (tertiary/aromatic N) is 1. The number of benzene rings is 1. The van der Waals surface area contributed by atoms with Gasteiger partial charge in [-0.25, -0.2) is 13.1 Å². The van der Waals surface area contributed by atoms with Crippen molar-refractivity contribution in [3.05, 3.63) is 28.8 Å². The molecule has 23 heavy (non-hydrogen) atoms. The van der Waals surface area contributed by atoms with E-state index in [-0.39, 0.29) is 17.6 Å². The molecule has 0 heterocycles. The second-order valence-electron chi connectivity index (χ2n) is 5.07. The molecule has 1 unspecified atom stereocenters. The number of likely N-dealkylation sites (N-methyl/N-ethyl adjacent to an activating group) is 1. The summed E-state index contributed by atoms with van der Waals surface area (Å²) in [6, 6.07) is 2.14. The number of hydrogen-bond acceptors (Lipinski definition) is 3. The van der Waals surface area contributed by atoms with Crippen LogP contribution in [0.3, 0.4) is 0 Å². The Morgan fingerprint density at radius 2 is 1.83 bits per heavy atom. The number of halogens is 4. The van der Waals surface area contributed by atoms with Gasteiger partial charge in [0.1, 0.15) is 4.90 Å². The van der Waals surface area contributed by atoms with Crippen molar-refractivity contribution in [2.24, 2.45) is 0 Å². The molecule has 0 spiro atoms. The Labute approximate surface area is 139 Å². The molecule has 0 aromatic heterocycles. The van der Waals surface area contributed by atoms with Crippen molar-refractivity contribution in [1.29, 1.82) is 0 Å². The fourth-order valence-electron chi connectivity index (χ4n) is 2.17. The van der Waals surface area contributed by atoms with E-state index in [0.29, 0.717) is 6.07 Å². The normalized spacial score (nSPS) is 14.3. The van der Waals surface area contributed by atoms with Crippen LogP contribution in [0.25, 0.3) is 0 Å². The highest BCUT2D eigenvalue weighted by molar-refractivity contribution is 7.89. The quantitative estimate of drug-likeness (QED) is 0.798. The Morgan fingerprint density at radius 1 is 1.26 bits per heavy atom. The molecule has 132 valence electrons. The third-order valence-electron chi connectivity index (χ3n) is 3.55. The average molecular weight is 373 g/mol. The maximum absolute atomic E-state index is 12.7. The van der Waals surface area contributed by atoms with Crippen LogP contribution in [0.2, 0.25) is 5.02 Å². The molecule has 1 aromatic rings. The zero-order valence-corrected chi connectivity index (χ0v) is 14.7. The maximum atomic E-state index is 12.7. The lowest BCUT2D eigenvalue weighted by molar-refractivity contribution is -0.137. The summed E-state index contributed by atoms with van der Waals surface area (Å²) in [7, 11) is -4.13. The summed E-state index contributed by atoms with van der Waals surface area (Å²) in [5.74, 6) is 0. The van der Waals surface area contributed by atoms with Gasteiger partial charge in [0.05, 0.1) is 10.6 Å². The molecule has 9 heteroatoms. The Kier molecular flexibility index (Phi) is 6.88. The molecule has 1 rings (SSSR count). The lowest BCUT2D eigenvalue weighted by Gasteiger charge is -2.26. The molecule has 0 amide bonds. The monoisotopic (exact) mass is 372 g/mol. The van der Waals surface area contributed by atoms with E-state index in [1.165, 1.54) is 0 Å². The van der Waals surface area contributed by atoms with Gasteiger partial charge in [-0.3, -0.25) is 4.90 Å². The lowest BCUT2D eigenvalue weighted by Crippen LogP contribution is -2.42. The van der Waals surface area contributed by atoms with Gasteiger partial charge >= 0.3 is 6.18 Å². The van der Waals surface area contributed by atoms with E-state index in [0.717, 1.165) is 25.2 Å². The molecule has 0 radical (unpaired) electrons. The van der Waals surface area contributed by atoms with Gasteiger partial charge < -0.3 is 0 Å². The van der Waals surface area contributed by atoms with Crippen LogP contribution in [0.15, 0.2) is 23.1 Å². The van der Waals surface area contributed by atoms with Crippen LogP contribution in [0, 0.1) is 0 Å². The summed E-state index contributed by atoms with van der Waals surface area (Å²) < 4.78 is 65.0. The molecule has 0 fully saturated rings. The van der Waals surface area contributed by atoms with E-state index in [9.17, 15) is 21.6 Å². The molecule has 1 atom stereocenters. The fourth-order valence-corrected chi connectivity index (χ4v) is 3.81. The molecular weight excluding hydrogens is 353 g/mol. The summed E-state index contributed by atoms with van der Waals surface area (Å²) >= 11 is 5.77. The minimum Gasteiger partial charge on any atom is -0.300 e. The Morgan fingerprint density at radius 3 is 2.30 bits per heavy atom. The first-order valence-electron chi connectivity index (χ1n) is 7.13. The highest BCUT2D eigenvalue weighted by Gasteiger charge is 2.32. The third-order valence-corrected chi connectivity index (χ3v) is 5.46.